The van der Waals surface area contributed by atoms with Gasteiger partial charge in [0, 0.05) is 25.0 Å². The predicted octanol–water partition coefficient (Wildman–Crippen LogP) is 2.36. The number of hydrogen-bond acceptors (Lipinski definition) is 6. The van der Waals surface area contributed by atoms with Crippen LogP contribution in [0, 0.1) is 5.82 Å². The number of rotatable bonds is 6. The monoisotopic (exact) mass is 478 g/mol. The Labute approximate surface area is 190 Å². The van der Waals surface area contributed by atoms with E-state index in [-0.39, 0.29) is 17.0 Å². The Morgan fingerprint density at radius 1 is 1.28 bits per heavy atom. The summed E-state index contributed by atoms with van der Waals surface area (Å²) in [6.45, 7) is -0.480. The molecule has 0 aliphatic rings. The standard InChI is InChI=1S/C21H20ClFN4O4S/c1-26-18-15(20(30)27(2)21(26)31)16(10-4-3-5-11(23)6-10)25-17(18)13(7-12(29)8-28)19-24-14(22)9-32-19/h3-6,9,12-13,25,28-29H,7-8H2,1-2H3. The zero-order valence-corrected chi connectivity index (χ0v) is 18.7. The lowest BCUT2D eigenvalue weighted by molar-refractivity contribution is 0.0848. The number of thiazole rings is 1. The third-order valence-electron chi connectivity index (χ3n) is 5.40. The Bertz CT molecular complexity index is 1420. The Balaban J connectivity index is 2.10. The van der Waals surface area contributed by atoms with E-state index in [1.807, 2.05) is 0 Å². The lowest BCUT2D eigenvalue weighted by atomic mass is 9.97. The average molecular weight is 479 g/mol. The summed E-state index contributed by atoms with van der Waals surface area (Å²) in [4.78, 5) is 33.4. The van der Waals surface area contributed by atoms with Crippen LogP contribution < -0.4 is 11.2 Å². The van der Waals surface area contributed by atoms with Gasteiger partial charge in [0.15, 0.2) is 0 Å². The molecular weight excluding hydrogens is 459 g/mol. The maximum absolute atomic E-state index is 14.0. The van der Waals surface area contributed by atoms with Crippen LogP contribution in [0.15, 0.2) is 39.2 Å². The fraction of sp³-hybridized carbons (Fsp3) is 0.286. The molecule has 0 amide bonds. The van der Waals surface area contributed by atoms with Crippen LogP contribution >= 0.6 is 22.9 Å². The molecule has 3 N–H and O–H groups in total. The van der Waals surface area contributed by atoms with Crippen LogP contribution in [-0.2, 0) is 14.1 Å². The van der Waals surface area contributed by atoms with Crippen LogP contribution in [0.4, 0.5) is 4.39 Å². The number of aliphatic hydroxyl groups excluding tert-OH is 2. The molecule has 0 bridgehead atoms. The van der Waals surface area contributed by atoms with Crippen LogP contribution in [0.2, 0.25) is 5.15 Å². The maximum atomic E-state index is 14.0. The summed E-state index contributed by atoms with van der Waals surface area (Å²) in [6.07, 6.45) is -1.02. The lowest BCUT2D eigenvalue weighted by Gasteiger charge is -2.18. The molecule has 4 aromatic rings. The van der Waals surface area contributed by atoms with E-state index in [1.165, 1.54) is 48.2 Å². The highest BCUT2D eigenvalue weighted by atomic mass is 35.5. The number of halogens is 2. The number of nitrogens with one attached hydrogen (secondary N) is 1. The third-order valence-corrected chi connectivity index (χ3v) is 6.68. The Kier molecular flexibility index (Phi) is 6.04. The molecular formula is C21H20ClFN4O4S. The highest BCUT2D eigenvalue weighted by Crippen LogP contribution is 2.38. The SMILES string of the molecule is Cn1c(=O)c2c(-c3cccc(F)c3)[nH]c(C(CC(O)CO)c3nc(Cl)cs3)c2n(C)c1=O. The lowest BCUT2D eigenvalue weighted by Crippen LogP contribution is -2.37. The van der Waals surface area contributed by atoms with E-state index >= 15 is 0 Å². The average Bonchev–Trinajstić information content (AvgIpc) is 3.38. The van der Waals surface area contributed by atoms with Gasteiger partial charge in [0.05, 0.1) is 40.9 Å². The Morgan fingerprint density at radius 2 is 2.03 bits per heavy atom. The van der Waals surface area contributed by atoms with E-state index < -0.39 is 35.7 Å². The molecule has 3 aromatic heterocycles. The molecule has 0 saturated heterocycles. The minimum absolute atomic E-state index is 0.0575. The van der Waals surface area contributed by atoms with Gasteiger partial charge >= 0.3 is 5.69 Å². The van der Waals surface area contributed by atoms with E-state index in [1.54, 1.807) is 11.4 Å². The molecule has 3 heterocycles. The Morgan fingerprint density at radius 3 is 2.66 bits per heavy atom. The van der Waals surface area contributed by atoms with E-state index in [0.29, 0.717) is 27.5 Å². The number of hydrogen-bond donors (Lipinski definition) is 3. The number of aryl methyl sites for hydroxylation is 1. The first-order chi connectivity index (χ1) is 15.2. The van der Waals surface area contributed by atoms with E-state index in [0.717, 1.165) is 4.57 Å². The summed E-state index contributed by atoms with van der Waals surface area (Å²) < 4.78 is 16.3. The van der Waals surface area contributed by atoms with Gasteiger partial charge in [0.1, 0.15) is 16.0 Å². The first-order valence-corrected chi connectivity index (χ1v) is 11.0. The van der Waals surface area contributed by atoms with Crippen LogP contribution in [-0.4, -0.2) is 42.0 Å². The first kappa shape index (κ1) is 22.4. The summed E-state index contributed by atoms with van der Waals surface area (Å²) in [5, 5.41) is 22.3. The largest absolute Gasteiger partial charge is 0.394 e. The molecule has 0 saturated carbocycles. The molecule has 2 unspecified atom stereocenters. The number of H-pyrrole nitrogens is 1. The molecule has 0 aliphatic carbocycles. The quantitative estimate of drug-likeness (QED) is 0.394. The van der Waals surface area contributed by atoms with Crippen molar-refractivity contribution in [1.82, 2.24) is 19.1 Å². The molecule has 0 fully saturated rings. The van der Waals surface area contributed by atoms with Gasteiger partial charge in [-0.2, -0.15) is 0 Å². The van der Waals surface area contributed by atoms with E-state index in [9.17, 15) is 24.2 Å². The highest BCUT2D eigenvalue weighted by Gasteiger charge is 2.29. The van der Waals surface area contributed by atoms with E-state index in [4.69, 9.17) is 11.6 Å². The van der Waals surface area contributed by atoms with Crippen molar-refractivity contribution in [2.75, 3.05) is 6.61 Å². The second-order valence-electron chi connectivity index (χ2n) is 7.49. The number of aliphatic hydroxyl groups is 2. The fourth-order valence-electron chi connectivity index (χ4n) is 3.87. The zero-order valence-electron chi connectivity index (χ0n) is 17.2. The van der Waals surface area contributed by atoms with Crippen molar-refractivity contribution >= 4 is 33.8 Å². The van der Waals surface area contributed by atoms with Gasteiger partial charge in [0.2, 0.25) is 0 Å². The summed E-state index contributed by atoms with van der Waals surface area (Å²) in [6, 6.07) is 5.76. The normalized spacial score (nSPS) is 13.6. The molecule has 1 aromatic carbocycles. The Hall–Kier alpha value is -2.79. The van der Waals surface area contributed by atoms with Crippen LogP contribution in [0.25, 0.3) is 22.2 Å². The summed E-state index contributed by atoms with van der Waals surface area (Å²) >= 11 is 7.28. The van der Waals surface area contributed by atoms with Gasteiger partial charge in [-0.15, -0.1) is 11.3 Å². The number of aromatic nitrogens is 4. The fourth-order valence-corrected chi connectivity index (χ4v) is 4.94. The van der Waals surface area contributed by atoms with Crippen molar-refractivity contribution in [3.8, 4) is 11.3 Å². The van der Waals surface area contributed by atoms with Crippen LogP contribution in [0.5, 0.6) is 0 Å². The molecule has 0 aliphatic heterocycles. The molecule has 8 nitrogen and oxygen atoms in total. The van der Waals surface area contributed by atoms with Gasteiger partial charge in [-0.1, -0.05) is 23.7 Å². The number of benzene rings is 1. The summed E-state index contributed by atoms with van der Waals surface area (Å²) in [7, 11) is 2.91. The van der Waals surface area contributed by atoms with Crippen molar-refractivity contribution in [3.05, 3.63) is 72.2 Å². The minimum atomic E-state index is -1.08. The molecule has 2 atom stereocenters. The predicted molar refractivity (Wildman–Crippen MR) is 121 cm³/mol. The molecule has 0 radical (unpaired) electrons. The second kappa shape index (κ2) is 8.62. The van der Waals surface area contributed by atoms with Crippen molar-refractivity contribution in [2.24, 2.45) is 14.1 Å². The minimum Gasteiger partial charge on any atom is -0.394 e. The van der Waals surface area contributed by atoms with Crippen molar-refractivity contribution < 1.29 is 14.6 Å². The molecule has 4 rings (SSSR count). The number of aromatic amines is 1. The van der Waals surface area contributed by atoms with Crippen molar-refractivity contribution in [3.63, 3.8) is 0 Å². The van der Waals surface area contributed by atoms with Gasteiger partial charge < -0.3 is 15.2 Å². The van der Waals surface area contributed by atoms with Gasteiger partial charge in [-0.25, -0.2) is 14.2 Å². The molecule has 11 heteroatoms. The highest BCUT2D eigenvalue weighted by molar-refractivity contribution is 7.10. The molecule has 168 valence electrons. The van der Waals surface area contributed by atoms with E-state index in [2.05, 4.69) is 9.97 Å². The summed E-state index contributed by atoms with van der Waals surface area (Å²) in [5.74, 6) is -1.09. The van der Waals surface area contributed by atoms with Crippen molar-refractivity contribution in [2.45, 2.75) is 18.4 Å². The first-order valence-electron chi connectivity index (χ1n) is 9.70. The van der Waals surface area contributed by atoms with Gasteiger partial charge in [-0.3, -0.25) is 13.9 Å². The second-order valence-corrected chi connectivity index (χ2v) is 8.76. The smallest absolute Gasteiger partial charge is 0.331 e. The van der Waals surface area contributed by atoms with Gasteiger partial charge in [-0.05, 0) is 18.6 Å². The summed E-state index contributed by atoms with van der Waals surface area (Å²) in [5.41, 5.74) is 0.456. The zero-order chi connectivity index (χ0) is 23.2. The third kappa shape index (κ3) is 3.79. The van der Waals surface area contributed by atoms with Crippen molar-refractivity contribution in [1.29, 1.82) is 0 Å². The maximum Gasteiger partial charge on any atom is 0.331 e. The topological polar surface area (TPSA) is 113 Å². The molecule has 32 heavy (non-hydrogen) atoms. The van der Waals surface area contributed by atoms with Gasteiger partial charge in [0.25, 0.3) is 5.56 Å². The number of fused-ring (bicyclic) bond motifs is 1. The van der Waals surface area contributed by atoms with Crippen LogP contribution in [0.3, 0.4) is 0 Å². The number of nitrogens with zero attached hydrogens (tertiary/aromatic N) is 3. The van der Waals surface area contributed by atoms with Crippen LogP contribution in [0.1, 0.15) is 23.0 Å². The molecule has 0 spiro atoms.